The maximum atomic E-state index is 13.9. The van der Waals surface area contributed by atoms with Crippen LogP contribution in [0.1, 0.15) is 16.1 Å². The maximum Gasteiger partial charge on any atom is 0.305 e. The second kappa shape index (κ2) is 8.71. The molecular formula is C24H19FN2O4. The van der Waals surface area contributed by atoms with E-state index < -0.39 is 17.6 Å². The number of furan rings is 1. The predicted octanol–water partition coefficient (Wildman–Crippen LogP) is 4.39. The first-order valence-corrected chi connectivity index (χ1v) is 9.58. The number of hydrogen-bond donors (Lipinski definition) is 2. The largest absolute Gasteiger partial charge is 0.483 e. The van der Waals surface area contributed by atoms with Crippen LogP contribution >= 0.6 is 0 Å². The average molecular weight is 418 g/mol. The summed E-state index contributed by atoms with van der Waals surface area (Å²) < 4.78 is 24.9. The topological polar surface area (TPSA) is 80.6 Å². The number of amides is 2. The molecule has 0 unspecified atom stereocenters. The second-order valence-electron chi connectivity index (χ2n) is 6.83. The summed E-state index contributed by atoms with van der Waals surface area (Å²) in [7, 11) is 0. The number of rotatable bonds is 5. The van der Waals surface area contributed by atoms with Crippen LogP contribution in [0.25, 0.3) is 22.1 Å². The zero-order valence-corrected chi connectivity index (χ0v) is 16.6. The normalized spacial score (nSPS) is 10.6. The Balaban J connectivity index is 1.38. The highest BCUT2D eigenvalue weighted by Crippen LogP contribution is 2.29. The van der Waals surface area contributed by atoms with E-state index in [0.717, 1.165) is 11.1 Å². The molecule has 2 amide bonds. The minimum absolute atomic E-state index is 0.00247. The van der Waals surface area contributed by atoms with Gasteiger partial charge >= 0.3 is 5.91 Å². The van der Waals surface area contributed by atoms with Gasteiger partial charge in [0.25, 0.3) is 5.91 Å². The third-order valence-corrected chi connectivity index (χ3v) is 4.77. The van der Waals surface area contributed by atoms with Crippen LogP contribution < -0.4 is 15.6 Å². The van der Waals surface area contributed by atoms with Crippen LogP contribution in [0.3, 0.4) is 0 Å². The molecule has 3 aromatic carbocycles. The Labute approximate surface area is 177 Å². The number of ether oxygens (including phenoxy) is 1. The number of hydrazine groups is 1. The molecule has 0 bridgehead atoms. The van der Waals surface area contributed by atoms with Gasteiger partial charge in [0, 0.05) is 16.5 Å². The molecule has 31 heavy (non-hydrogen) atoms. The molecular weight excluding hydrogens is 399 g/mol. The molecule has 0 saturated heterocycles. The van der Waals surface area contributed by atoms with Crippen molar-refractivity contribution in [3.8, 4) is 16.9 Å². The van der Waals surface area contributed by atoms with Crippen LogP contribution in [0.15, 0.2) is 77.2 Å². The number of aryl methyl sites for hydroxylation is 1. The fourth-order valence-corrected chi connectivity index (χ4v) is 3.24. The van der Waals surface area contributed by atoms with Crippen LogP contribution in [-0.2, 0) is 4.79 Å². The summed E-state index contributed by atoms with van der Waals surface area (Å²) in [6.07, 6.45) is 0. The fraction of sp³-hybridized carbons (Fsp3) is 0.0833. The zero-order valence-electron chi connectivity index (χ0n) is 16.6. The zero-order chi connectivity index (χ0) is 21.8. The summed E-state index contributed by atoms with van der Waals surface area (Å²) in [6.45, 7) is 1.34. The first-order valence-electron chi connectivity index (χ1n) is 9.58. The number of nitrogens with one attached hydrogen (secondary N) is 2. The highest BCUT2D eigenvalue weighted by atomic mass is 19.1. The van der Waals surface area contributed by atoms with Gasteiger partial charge in [-0.05, 0) is 24.6 Å². The van der Waals surface area contributed by atoms with Gasteiger partial charge in [-0.1, -0.05) is 60.7 Å². The molecule has 7 heteroatoms. The van der Waals surface area contributed by atoms with E-state index in [9.17, 15) is 14.0 Å². The fourth-order valence-electron chi connectivity index (χ4n) is 3.24. The summed E-state index contributed by atoms with van der Waals surface area (Å²) in [5.41, 5.74) is 6.83. The monoisotopic (exact) mass is 418 g/mol. The Kier molecular flexibility index (Phi) is 5.66. The lowest BCUT2D eigenvalue weighted by atomic mass is 10.1. The van der Waals surface area contributed by atoms with Crippen molar-refractivity contribution >= 4 is 22.8 Å². The van der Waals surface area contributed by atoms with Crippen LogP contribution in [0, 0.1) is 12.7 Å². The Bertz CT molecular complexity index is 1250. The van der Waals surface area contributed by atoms with Crippen LogP contribution in [0.5, 0.6) is 5.75 Å². The minimum atomic E-state index is -0.689. The van der Waals surface area contributed by atoms with Gasteiger partial charge in [-0.3, -0.25) is 20.4 Å². The van der Waals surface area contributed by atoms with E-state index in [2.05, 4.69) is 10.9 Å². The highest BCUT2D eigenvalue weighted by molar-refractivity contribution is 5.99. The van der Waals surface area contributed by atoms with Crippen LogP contribution in [0.4, 0.5) is 4.39 Å². The highest BCUT2D eigenvalue weighted by Gasteiger charge is 2.20. The van der Waals surface area contributed by atoms with E-state index in [1.54, 1.807) is 19.1 Å². The Hall–Kier alpha value is -4.13. The van der Waals surface area contributed by atoms with Crippen molar-refractivity contribution in [1.29, 1.82) is 0 Å². The van der Waals surface area contributed by atoms with E-state index in [1.165, 1.54) is 12.1 Å². The van der Waals surface area contributed by atoms with Crippen molar-refractivity contribution in [2.24, 2.45) is 0 Å². The van der Waals surface area contributed by atoms with E-state index in [-0.39, 0.29) is 18.0 Å². The van der Waals surface area contributed by atoms with Gasteiger partial charge < -0.3 is 9.15 Å². The smallest absolute Gasteiger partial charge is 0.305 e. The van der Waals surface area contributed by atoms with Gasteiger partial charge in [0.05, 0.1) is 0 Å². The SMILES string of the molecule is Cc1c(C(=O)NNC(=O)COc2ccccc2-c2ccccc2)oc2c(F)cccc12. The number of carbonyl (C=O) groups excluding carboxylic acids is 2. The average Bonchev–Trinajstić information content (AvgIpc) is 3.15. The van der Waals surface area contributed by atoms with Gasteiger partial charge in [0.1, 0.15) is 5.75 Å². The van der Waals surface area contributed by atoms with Gasteiger partial charge in [0.2, 0.25) is 0 Å². The minimum Gasteiger partial charge on any atom is -0.483 e. The first-order chi connectivity index (χ1) is 15.0. The van der Waals surface area contributed by atoms with Crippen molar-refractivity contribution < 1.29 is 23.1 Å². The lowest BCUT2D eigenvalue weighted by Crippen LogP contribution is -2.43. The number of benzene rings is 3. The molecule has 0 aliphatic carbocycles. The number of halogens is 1. The predicted molar refractivity (Wildman–Crippen MR) is 114 cm³/mol. The molecule has 0 aliphatic heterocycles. The van der Waals surface area contributed by atoms with Crippen molar-refractivity contribution in [2.45, 2.75) is 6.92 Å². The second-order valence-corrected chi connectivity index (χ2v) is 6.83. The van der Waals surface area contributed by atoms with E-state index in [1.807, 2.05) is 48.5 Å². The Morgan fingerprint density at radius 1 is 0.935 bits per heavy atom. The molecule has 1 aromatic heterocycles. The van der Waals surface area contributed by atoms with Crippen LogP contribution in [0.2, 0.25) is 0 Å². The molecule has 4 rings (SSSR count). The molecule has 6 nitrogen and oxygen atoms in total. The van der Waals surface area contributed by atoms with Crippen molar-refractivity contribution in [3.63, 3.8) is 0 Å². The number of para-hydroxylation sites is 2. The molecule has 0 saturated carbocycles. The Morgan fingerprint density at radius 3 is 2.45 bits per heavy atom. The van der Waals surface area contributed by atoms with Crippen molar-refractivity contribution in [1.82, 2.24) is 10.9 Å². The summed E-state index contributed by atoms with van der Waals surface area (Å²) in [5.74, 6) is -1.34. The molecule has 156 valence electrons. The van der Waals surface area contributed by atoms with Crippen molar-refractivity contribution in [2.75, 3.05) is 6.61 Å². The molecule has 4 aromatic rings. The quantitative estimate of drug-likeness (QED) is 0.471. The third kappa shape index (κ3) is 4.25. The molecule has 0 radical (unpaired) electrons. The standard InChI is InChI=1S/C24H19FN2O4/c1-15-17-11-7-12-19(25)23(17)31-22(15)24(29)27-26-21(28)14-30-20-13-6-5-10-18(20)16-8-3-2-4-9-16/h2-13H,14H2,1H3,(H,26,28)(H,27,29). The number of hydrogen-bond acceptors (Lipinski definition) is 4. The first kappa shape index (κ1) is 20.2. The van der Waals surface area contributed by atoms with Gasteiger partial charge in [-0.15, -0.1) is 0 Å². The lowest BCUT2D eigenvalue weighted by Gasteiger charge is -2.12. The number of carbonyl (C=O) groups is 2. The molecule has 0 fully saturated rings. The third-order valence-electron chi connectivity index (χ3n) is 4.77. The summed E-state index contributed by atoms with van der Waals surface area (Å²) in [6, 6.07) is 21.4. The van der Waals surface area contributed by atoms with Crippen LogP contribution in [-0.4, -0.2) is 18.4 Å². The van der Waals surface area contributed by atoms with Gasteiger partial charge in [-0.25, -0.2) is 4.39 Å². The summed E-state index contributed by atoms with van der Waals surface area (Å²) >= 11 is 0. The molecule has 0 aliphatic rings. The summed E-state index contributed by atoms with van der Waals surface area (Å²) in [5, 5.41) is 0.498. The van der Waals surface area contributed by atoms with Gasteiger partial charge in [0.15, 0.2) is 23.8 Å². The number of fused-ring (bicyclic) bond motifs is 1. The Morgan fingerprint density at radius 2 is 1.68 bits per heavy atom. The van der Waals surface area contributed by atoms with E-state index >= 15 is 0 Å². The molecule has 2 N–H and O–H groups in total. The molecule has 0 spiro atoms. The molecule has 0 atom stereocenters. The summed E-state index contributed by atoms with van der Waals surface area (Å²) in [4.78, 5) is 24.6. The lowest BCUT2D eigenvalue weighted by molar-refractivity contribution is -0.123. The van der Waals surface area contributed by atoms with E-state index in [0.29, 0.717) is 16.7 Å². The molecule has 1 heterocycles. The maximum absolute atomic E-state index is 13.9. The van der Waals surface area contributed by atoms with E-state index in [4.69, 9.17) is 9.15 Å². The van der Waals surface area contributed by atoms with Crippen molar-refractivity contribution in [3.05, 3.63) is 89.9 Å². The van der Waals surface area contributed by atoms with Gasteiger partial charge in [-0.2, -0.15) is 0 Å².